The maximum Gasteiger partial charge on any atom is 0.332 e. The van der Waals surface area contributed by atoms with Crippen molar-refractivity contribution in [1.29, 1.82) is 0 Å². The van der Waals surface area contributed by atoms with E-state index in [0.717, 1.165) is 49.9 Å². The molecule has 0 atom stereocenters. The molecular weight excluding hydrogens is 392 g/mol. The summed E-state index contributed by atoms with van der Waals surface area (Å²) in [6.45, 7) is 4.92. The van der Waals surface area contributed by atoms with Crippen LogP contribution >= 0.6 is 11.6 Å². The molecule has 0 bridgehead atoms. The summed E-state index contributed by atoms with van der Waals surface area (Å²) in [7, 11) is 3.42. The van der Waals surface area contributed by atoms with Crippen molar-refractivity contribution in [2.45, 2.75) is 13.0 Å². The van der Waals surface area contributed by atoms with Crippen LogP contribution in [0.5, 0.6) is 0 Å². The van der Waals surface area contributed by atoms with Gasteiger partial charge in [0, 0.05) is 46.8 Å². The normalized spacial score (nSPS) is 15.3. The molecule has 1 fully saturated rings. The summed E-state index contributed by atoms with van der Waals surface area (Å²) in [5.41, 5.74) is 1.37. The van der Waals surface area contributed by atoms with E-state index in [9.17, 15) is 9.59 Å². The molecule has 0 aliphatic carbocycles. The first-order chi connectivity index (χ1) is 14.0. The first-order valence-electron chi connectivity index (χ1n) is 9.80. The van der Waals surface area contributed by atoms with Crippen molar-refractivity contribution in [3.63, 3.8) is 0 Å². The van der Waals surface area contributed by atoms with Gasteiger partial charge in [-0.05, 0) is 25.1 Å². The van der Waals surface area contributed by atoms with Gasteiger partial charge in [-0.15, -0.1) is 0 Å². The Morgan fingerprint density at radius 2 is 1.76 bits per heavy atom. The van der Waals surface area contributed by atoms with E-state index >= 15 is 0 Å². The van der Waals surface area contributed by atoms with E-state index in [1.807, 2.05) is 18.2 Å². The Morgan fingerprint density at radius 1 is 1.03 bits per heavy atom. The highest BCUT2D eigenvalue weighted by atomic mass is 35.5. The molecule has 0 saturated carbocycles. The summed E-state index contributed by atoms with van der Waals surface area (Å²) in [4.78, 5) is 34.2. The highest BCUT2D eigenvalue weighted by molar-refractivity contribution is 6.33. The molecule has 0 radical (unpaired) electrons. The van der Waals surface area contributed by atoms with Gasteiger partial charge in [-0.1, -0.05) is 23.7 Å². The van der Waals surface area contributed by atoms with Gasteiger partial charge in [-0.3, -0.25) is 18.8 Å². The monoisotopic (exact) mass is 416 g/mol. The third-order valence-electron chi connectivity index (χ3n) is 5.62. The van der Waals surface area contributed by atoms with Crippen molar-refractivity contribution in [1.82, 2.24) is 23.6 Å². The Labute approximate surface area is 173 Å². The molecule has 3 aromatic rings. The van der Waals surface area contributed by atoms with Crippen LogP contribution in [0, 0.1) is 0 Å². The molecule has 1 aliphatic rings. The number of hydrogen-bond donors (Lipinski definition) is 0. The van der Waals surface area contributed by atoms with Gasteiger partial charge in [0.05, 0.1) is 17.0 Å². The van der Waals surface area contributed by atoms with Crippen LogP contribution in [0.3, 0.4) is 0 Å². The van der Waals surface area contributed by atoms with Crippen molar-refractivity contribution in [2.75, 3.05) is 37.6 Å². The minimum Gasteiger partial charge on any atom is -0.368 e. The Kier molecular flexibility index (Phi) is 5.47. The molecule has 1 aromatic carbocycles. The van der Waals surface area contributed by atoms with Crippen molar-refractivity contribution >= 4 is 28.5 Å². The molecule has 3 heterocycles. The fourth-order valence-electron chi connectivity index (χ4n) is 3.97. The Morgan fingerprint density at radius 3 is 2.48 bits per heavy atom. The summed E-state index contributed by atoms with van der Waals surface area (Å²) < 4.78 is 4.44. The molecule has 154 valence electrons. The Hall–Kier alpha value is -2.58. The summed E-state index contributed by atoms with van der Waals surface area (Å²) in [5, 5.41) is 0.779. The summed E-state index contributed by atoms with van der Waals surface area (Å²) in [6.07, 6.45) is 2.30. The minimum atomic E-state index is -0.315. The lowest BCUT2D eigenvalue weighted by Gasteiger charge is -2.36. The van der Waals surface area contributed by atoms with Crippen LogP contribution < -0.4 is 16.1 Å². The predicted octanol–water partition coefficient (Wildman–Crippen LogP) is 1.30. The van der Waals surface area contributed by atoms with E-state index in [-0.39, 0.29) is 11.2 Å². The fraction of sp³-hybridized carbons (Fsp3) is 0.450. The SMILES string of the molecule is Cn1cnc2c1c(=O)n(CCCN1CCN(c3ccccc3Cl)CC1)c(=O)n2C. The molecule has 0 unspecified atom stereocenters. The van der Waals surface area contributed by atoms with Gasteiger partial charge < -0.3 is 9.47 Å². The van der Waals surface area contributed by atoms with Crippen LogP contribution in [0.2, 0.25) is 5.02 Å². The van der Waals surface area contributed by atoms with Gasteiger partial charge in [0.15, 0.2) is 11.2 Å². The molecule has 2 aromatic heterocycles. The number of fused-ring (bicyclic) bond motifs is 1. The van der Waals surface area contributed by atoms with E-state index in [0.29, 0.717) is 17.7 Å². The third kappa shape index (κ3) is 3.70. The maximum atomic E-state index is 12.8. The summed E-state index contributed by atoms with van der Waals surface area (Å²) >= 11 is 6.31. The Balaban J connectivity index is 1.38. The number of halogens is 1. The van der Waals surface area contributed by atoms with Gasteiger partial charge >= 0.3 is 5.69 Å². The number of benzene rings is 1. The molecule has 0 spiro atoms. The van der Waals surface area contributed by atoms with Gasteiger partial charge in [0.2, 0.25) is 0 Å². The second-order valence-corrected chi connectivity index (χ2v) is 7.87. The van der Waals surface area contributed by atoms with Gasteiger partial charge in [-0.25, -0.2) is 9.78 Å². The minimum absolute atomic E-state index is 0.272. The molecule has 1 aliphatic heterocycles. The smallest absolute Gasteiger partial charge is 0.332 e. The third-order valence-corrected chi connectivity index (χ3v) is 5.94. The average Bonchev–Trinajstić information content (AvgIpc) is 3.12. The molecule has 9 heteroatoms. The number of piperazine rings is 1. The molecule has 29 heavy (non-hydrogen) atoms. The number of rotatable bonds is 5. The van der Waals surface area contributed by atoms with Crippen LogP contribution in [0.1, 0.15) is 6.42 Å². The first kappa shape index (κ1) is 19.7. The van der Waals surface area contributed by atoms with Crippen molar-refractivity contribution < 1.29 is 0 Å². The van der Waals surface area contributed by atoms with Crippen LogP contribution in [-0.4, -0.2) is 56.3 Å². The van der Waals surface area contributed by atoms with Crippen LogP contribution in [0.4, 0.5) is 5.69 Å². The van der Waals surface area contributed by atoms with Crippen molar-refractivity contribution in [3.05, 3.63) is 56.5 Å². The molecular formula is C20H25ClN6O2. The molecule has 1 saturated heterocycles. The zero-order chi connectivity index (χ0) is 20.5. The number of hydrogen-bond acceptors (Lipinski definition) is 5. The second kappa shape index (κ2) is 8.04. The first-order valence-corrected chi connectivity index (χ1v) is 10.2. The van der Waals surface area contributed by atoms with Crippen molar-refractivity contribution in [2.24, 2.45) is 14.1 Å². The van der Waals surface area contributed by atoms with E-state index in [1.165, 1.54) is 9.13 Å². The highest BCUT2D eigenvalue weighted by Crippen LogP contribution is 2.25. The lowest BCUT2D eigenvalue weighted by atomic mass is 10.2. The lowest BCUT2D eigenvalue weighted by Crippen LogP contribution is -2.47. The number of aryl methyl sites for hydroxylation is 2. The standard InChI is InChI=1S/C20H25ClN6O2/c1-23-14-22-18-17(23)19(28)27(20(29)24(18)2)9-5-8-25-10-12-26(13-11-25)16-7-4-3-6-15(16)21/h3-4,6-7,14H,5,8-13H2,1-2H3. The zero-order valence-corrected chi connectivity index (χ0v) is 17.5. The quantitative estimate of drug-likeness (QED) is 0.627. The van der Waals surface area contributed by atoms with Crippen LogP contribution in [-0.2, 0) is 20.6 Å². The average molecular weight is 417 g/mol. The predicted molar refractivity (Wildman–Crippen MR) is 115 cm³/mol. The van der Waals surface area contributed by atoms with E-state index < -0.39 is 0 Å². The number of imidazole rings is 1. The van der Waals surface area contributed by atoms with Gasteiger partial charge in [-0.2, -0.15) is 0 Å². The van der Waals surface area contributed by atoms with Crippen molar-refractivity contribution in [3.8, 4) is 0 Å². The van der Waals surface area contributed by atoms with Gasteiger partial charge in [0.25, 0.3) is 5.56 Å². The second-order valence-electron chi connectivity index (χ2n) is 7.46. The molecule has 0 N–H and O–H groups in total. The zero-order valence-electron chi connectivity index (χ0n) is 16.7. The maximum absolute atomic E-state index is 12.8. The molecule has 0 amide bonds. The van der Waals surface area contributed by atoms with Crippen LogP contribution in [0.25, 0.3) is 11.2 Å². The summed E-state index contributed by atoms with van der Waals surface area (Å²) in [6, 6.07) is 7.91. The largest absolute Gasteiger partial charge is 0.368 e. The van der Waals surface area contributed by atoms with Crippen LogP contribution in [0.15, 0.2) is 40.2 Å². The number of anilines is 1. The molecule has 8 nitrogen and oxygen atoms in total. The number of aromatic nitrogens is 4. The summed E-state index contributed by atoms with van der Waals surface area (Å²) in [5.74, 6) is 0. The van der Waals surface area contributed by atoms with E-state index in [4.69, 9.17) is 11.6 Å². The fourth-order valence-corrected chi connectivity index (χ4v) is 4.22. The lowest BCUT2D eigenvalue weighted by molar-refractivity contribution is 0.249. The number of para-hydroxylation sites is 1. The van der Waals surface area contributed by atoms with E-state index in [2.05, 4.69) is 20.9 Å². The topological polar surface area (TPSA) is 68.3 Å². The molecule has 4 rings (SSSR count). The van der Waals surface area contributed by atoms with Gasteiger partial charge in [0.1, 0.15) is 0 Å². The highest BCUT2D eigenvalue weighted by Gasteiger charge is 2.19. The Bertz CT molecular complexity index is 1140. The van der Waals surface area contributed by atoms with E-state index in [1.54, 1.807) is 25.0 Å². The number of nitrogens with zero attached hydrogens (tertiary/aromatic N) is 6.